The standard InChI is InChI=1S/C17H15N5O3S/c1-24-12-7-10-11(8-13(12)25-2)18-14(19-16(10)23)9-26-17-21-20-15-5-3-4-6-22(15)17/h3-8H,9H2,1-2H3,(H,18,19,23). The van der Waals surface area contributed by atoms with E-state index in [-0.39, 0.29) is 5.56 Å². The Balaban J connectivity index is 1.67. The zero-order chi connectivity index (χ0) is 18.1. The van der Waals surface area contributed by atoms with E-state index in [4.69, 9.17) is 9.47 Å². The maximum atomic E-state index is 12.4. The lowest BCUT2D eigenvalue weighted by atomic mass is 10.2. The Morgan fingerprint density at radius 2 is 1.96 bits per heavy atom. The Hall–Kier alpha value is -3.07. The number of thioether (sulfide) groups is 1. The average Bonchev–Trinajstić information content (AvgIpc) is 3.08. The summed E-state index contributed by atoms with van der Waals surface area (Å²) in [7, 11) is 3.07. The highest BCUT2D eigenvalue weighted by Gasteiger charge is 2.12. The normalized spacial score (nSPS) is 11.2. The third-order valence-electron chi connectivity index (χ3n) is 3.88. The van der Waals surface area contributed by atoms with Crippen LogP contribution in [0.1, 0.15) is 5.82 Å². The zero-order valence-corrected chi connectivity index (χ0v) is 14.9. The number of fused-ring (bicyclic) bond motifs is 2. The van der Waals surface area contributed by atoms with Gasteiger partial charge in [-0.15, -0.1) is 10.2 Å². The molecule has 0 aliphatic rings. The lowest BCUT2D eigenvalue weighted by Gasteiger charge is -2.09. The number of nitrogens with zero attached hydrogens (tertiary/aromatic N) is 4. The molecule has 0 aliphatic carbocycles. The Morgan fingerprint density at radius 3 is 2.77 bits per heavy atom. The quantitative estimate of drug-likeness (QED) is 0.539. The van der Waals surface area contributed by atoms with Crippen molar-refractivity contribution in [2.45, 2.75) is 10.9 Å². The summed E-state index contributed by atoms with van der Waals surface area (Å²) in [6.45, 7) is 0. The maximum absolute atomic E-state index is 12.4. The van der Waals surface area contributed by atoms with Crippen LogP contribution >= 0.6 is 11.8 Å². The van der Waals surface area contributed by atoms with Crippen LogP contribution in [0, 0.1) is 0 Å². The van der Waals surface area contributed by atoms with E-state index in [1.54, 1.807) is 19.2 Å². The van der Waals surface area contributed by atoms with Crippen molar-refractivity contribution in [2.75, 3.05) is 14.2 Å². The number of methoxy groups -OCH3 is 2. The van der Waals surface area contributed by atoms with E-state index in [1.165, 1.54) is 18.9 Å². The number of ether oxygens (including phenoxy) is 2. The lowest BCUT2D eigenvalue weighted by molar-refractivity contribution is 0.355. The number of hydrogen-bond donors (Lipinski definition) is 1. The Morgan fingerprint density at radius 1 is 1.15 bits per heavy atom. The van der Waals surface area contributed by atoms with Crippen molar-refractivity contribution >= 4 is 28.3 Å². The van der Waals surface area contributed by atoms with Gasteiger partial charge in [-0.05, 0) is 18.2 Å². The molecule has 26 heavy (non-hydrogen) atoms. The first-order valence-corrected chi connectivity index (χ1v) is 8.75. The van der Waals surface area contributed by atoms with Gasteiger partial charge in [0, 0.05) is 12.3 Å². The zero-order valence-electron chi connectivity index (χ0n) is 14.1. The molecule has 0 aliphatic heterocycles. The van der Waals surface area contributed by atoms with E-state index in [2.05, 4.69) is 20.2 Å². The summed E-state index contributed by atoms with van der Waals surface area (Å²) >= 11 is 1.45. The molecule has 4 aromatic rings. The molecule has 1 N–H and O–H groups in total. The van der Waals surface area contributed by atoms with Gasteiger partial charge in [-0.25, -0.2) is 4.98 Å². The minimum absolute atomic E-state index is 0.224. The molecule has 0 fully saturated rings. The first-order valence-electron chi connectivity index (χ1n) is 7.77. The number of hydrogen-bond acceptors (Lipinski definition) is 7. The fourth-order valence-electron chi connectivity index (χ4n) is 2.63. The second-order valence-electron chi connectivity index (χ2n) is 5.44. The second kappa shape index (κ2) is 6.68. The number of rotatable bonds is 5. The first-order chi connectivity index (χ1) is 12.7. The summed E-state index contributed by atoms with van der Waals surface area (Å²) in [5.41, 5.74) is 1.09. The van der Waals surface area contributed by atoms with E-state index in [0.29, 0.717) is 34.0 Å². The predicted octanol–water partition coefficient (Wildman–Crippen LogP) is 2.28. The largest absolute Gasteiger partial charge is 0.493 e. The Kier molecular flexibility index (Phi) is 4.21. The maximum Gasteiger partial charge on any atom is 0.258 e. The third kappa shape index (κ3) is 2.86. The van der Waals surface area contributed by atoms with Gasteiger partial charge in [-0.2, -0.15) is 0 Å². The summed E-state index contributed by atoms with van der Waals surface area (Å²) in [4.78, 5) is 19.7. The summed E-state index contributed by atoms with van der Waals surface area (Å²) in [5, 5.41) is 9.45. The minimum atomic E-state index is -0.224. The van der Waals surface area contributed by atoms with Crippen LogP contribution in [0.15, 0.2) is 46.5 Å². The van der Waals surface area contributed by atoms with Crippen LogP contribution in [0.4, 0.5) is 0 Å². The second-order valence-corrected chi connectivity index (χ2v) is 6.38. The van der Waals surface area contributed by atoms with Crippen LogP contribution in [0.5, 0.6) is 11.5 Å². The molecule has 0 atom stereocenters. The van der Waals surface area contributed by atoms with Crippen LogP contribution in [-0.2, 0) is 5.75 Å². The third-order valence-corrected chi connectivity index (χ3v) is 4.83. The van der Waals surface area contributed by atoms with Crippen LogP contribution in [0.2, 0.25) is 0 Å². The average molecular weight is 369 g/mol. The van der Waals surface area contributed by atoms with Crippen molar-refractivity contribution in [3.63, 3.8) is 0 Å². The first kappa shape index (κ1) is 16.4. The number of pyridine rings is 1. The predicted molar refractivity (Wildman–Crippen MR) is 98.0 cm³/mol. The van der Waals surface area contributed by atoms with Gasteiger partial charge in [-0.1, -0.05) is 17.8 Å². The van der Waals surface area contributed by atoms with E-state index in [1.807, 2.05) is 28.8 Å². The van der Waals surface area contributed by atoms with Crippen LogP contribution in [0.25, 0.3) is 16.6 Å². The molecular weight excluding hydrogens is 354 g/mol. The van der Waals surface area contributed by atoms with Crippen molar-refractivity contribution < 1.29 is 9.47 Å². The fraction of sp³-hybridized carbons (Fsp3) is 0.176. The molecule has 0 spiro atoms. The van der Waals surface area contributed by atoms with E-state index < -0.39 is 0 Å². The van der Waals surface area contributed by atoms with Gasteiger partial charge in [0.05, 0.1) is 30.9 Å². The van der Waals surface area contributed by atoms with Crippen molar-refractivity contribution in [2.24, 2.45) is 0 Å². The van der Waals surface area contributed by atoms with Gasteiger partial charge in [0.2, 0.25) is 0 Å². The molecule has 0 unspecified atom stereocenters. The fourth-order valence-corrected chi connectivity index (χ4v) is 3.43. The van der Waals surface area contributed by atoms with E-state index in [0.717, 1.165) is 10.8 Å². The number of aromatic amines is 1. The highest BCUT2D eigenvalue weighted by Crippen LogP contribution is 2.30. The van der Waals surface area contributed by atoms with Gasteiger partial charge < -0.3 is 14.5 Å². The van der Waals surface area contributed by atoms with Gasteiger partial charge in [-0.3, -0.25) is 9.20 Å². The van der Waals surface area contributed by atoms with Gasteiger partial charge in [0.25, 0.3) is 5.56 Å². The van der Waals surface area contributed by atoms with Gasteiger partial charge in [0.1, 0.15) is 5.82 Å². The topological polar surface area (TPSA) is 94.4 Å². The summed E-state index contributed by atoms with van der Waals surface area (Å²) in [5.74, 6) is 2.02. The van der Waals surface area contributed by atoms with Crippen LogP contribution in [0.3, 0.4) is 0 Å². The number of benzene rings is 1. The van der Waals surface area contributed by atoms with Crippen molar-refractivity contribution in [3.05, 3.63) is 52.7 Å². The number of aromatic nitrogens is 5. The molecule has 1 aromatic carbocycles. The molecule has 0 saturated heterocycles. The molecule has 8 nitrogen and oxygen atoms in total. The van der Waals surface area contributed by atoms with Crippen LogP contribution < -0.4 is 15.0 Å². The molecule has 4 rings (SSSR count). The summed E-state index contributed by atoms with van der Waals surface area (Å²) in [6, 6.07) is 9.03. The monoisotopic (exact) mass is 369 g/mol. The Labute approximate surface area is 152 Å². The van der Waals surface area contributed by atoms with E-state index >= 15 is 0 Å². The Bertz CT molecular complexity index is 1150. The molecule has 9 heteroatoms. The smallest absolute Gasteiger partial charge is 0.258 e. The molecule has 0 saturated carbocycles. The molecule has 3 aromatic heterocycles. The van der Waals surface area contributed by atoms with Crippen molar-refractivity contribution in [3.8, 4) is 11.5 Å². The van der Waals surface area contributed by atoms with Crippen molar-refractivity contribution in [1.82, 2.24) is 24.6 Å². The SMILES string of the molecule is COc1cc2nc(CSc3nnc4ccccn34)[nH]c(=O)c2cc1OC. The molecule has 0 amide bonds. The lowest BCUT2D eigenvalue weighted by Crippen LogP contribution is -2.11. The van der Waals surface area contributed by atoms with E-state index in [9.17, 15) is 4.79 Å². The molecule has 0 bridgehead atoms. The van der Waals surface area contributed by atoms with Crippen LogP contribution in [-0.4, -0.2) is 38.8 Å². The minimum Gasteiger partial charge on any atom is -0.493 e. The van der Waals surface area contributed by atoms with Gasteiger partial charge >= 0.3 is 0 Å². The highest BCUT2D eigenvalue weighted by molar-refractivity contribution is 7.98. The number of nitrogens with one attached hydrogen (secondary N) is 1. The highest BCUT2D eigenvalue weighted by atomic mass is 32.2. The number of H-pyrrole nitrogens is 1. The molecular formula is C17H15N5O3S. The van der Waals surface area contributed by atoms with Crippen molar-refractivity contribution in [1.29, 1.82) is 0 Å². The molecule has 132 valence electrons. The molecule has 3 heterocycles. The molecule has 0 radical (unpaired) electrons. The summed E-state index contributed by atoms with van der Waals surface area (Å²) < 4.78 is 12.4. The van der Waals surface area contributed by atoms with Gasteiger partial charge in [0.15, 0.2) is 22.3 Å². The summed E-state index contributed by atoms with van der Waals surface area (Å²) in [6.07, 6.45) is 1.89.